The maximum atomic E-state index is 16.0. The van der Waals surface area contributed by atoms with Crippen LogP contribution >= 0.6 is 12.4 Å². The number of aromatic nitrogens is 1. The molecule has 3 fully saturated rings. The Bertz CT molecular complexity index is 1050. The van der Waals surface area contributed by atoms with E-state index in [-0.39, 0.29) is 40.7 Å². The molecule has 3 aliphatic rings. The molecule has 1 aromatic heterocycles. The van der Waals surface area contributed by atoms with Crippen molar-refractivity contribution in [2.75, 3.05) is 31.6 Å². The first-order chi connectivity index (χ1) is 14.0. The van der Waals surface area contributed by atoms with Crippen molar-refractivity contribution in [3.63, 3.8) is 0 Å². The summed E-state index contributed by atoms with van der Waals surface area (Å²) < 4.78 is 23.1. The van der Waals surface area contributed by atoms with Crippen molar-refractivity contribution in [3.8, 4) is 5.75 Å². The lowest BCUT2D eigenvalue weighted by Crippen LogP contribution is -2.40. The van der Waals surface area contributed by atoms with E-state index in [1.807, 2.05) is 4.90 Å². The number of rotatable bonds is 4. The zero-order chi connectivity index (χ0) is 20.3. The van der Waals surface area contributed by atoms with Crippen LogP contribution in [0.15, 0.2) is 17.1 Å². The number of ether oxygens (including phenoxy) is 1. The average molecular weight is 438 g/mol. The van der Waals surface area contributed by atoms with Gasteiger partial charge in [-0.1, -0.05) is 0 Å². The highest BCUT2D eigenvalue weighted by molar-refractivity contribution is 5.95. The number of carboxylic acid groups (broad SMARTS) is 1. The van der Waals surface area contributed by atoms with Gasteiger partial charge in [0.05, 0.1) is 18.0 Å². The topological polar surface area (TPSA) is 83.8 Å². The zero-order valence-electron chi connectivity index (χ0n) is 16.7. The molecule has 162 valence electrons. The number of benzene rings is 1. The van der Waals surface area contributed by atoms with Crippen molar-refractivity contribution in [3.05, 3.63) is 33.9 Å². The molecule has 0 radical (unpaired) electrons. The van der Waals surface area contributed by atoms with Gasteiger partial charge in [-0.2, -0.15) is 0 Å². The standard InChI is InChI=1S/C21H24FN3O4.ClH/c1-29-16-7-13-18(25(12-4-5-12)9-14(20(13)26)21(27)28)17(22)19(16)24-8-11-3-2-6-23-15(11)10-24;/h7,9,11-12,15,23H,2-6,8,10H2,1H3,(H,27,28);1H/t11-,15+;/m0./s1. The van der Waals surface area contributed by atoms with Crippen LogP contribution in [-0.2, 0) is 0 Å². The predicted molar refractivity (Wildman–Crippen MR) is 114 cm³/mol. The number of nitrogens with one attached hydrogen (secondary N) is 1. The van der Waals surface area contributed by atoms with Crippen molar-refractivity contribution in [1.82, 2.24) is 9.88 Å². The lowest BCUT2D eigenvalue weighted by molar-refractivity contribution is 0.0695. The van der Waals surface area contributed by atoms with Crippen molar-refractivity contribution in [2.45, 2.75) is 37.8 Å². The van der Waals surface area contributed by atoms with Crippen LogP contribution in [0.2, 0.25) is 0 Å². The van der Waals surface area contributed by atoms with Gasteiger partial charge in [-0.25, -0.2) is 9.18 Å². The molecule has 7 nitrogen and oxygen atoms in total. The molecular weight excluding hydrogens is 413 g/mol. The van der Waals surface area contributed by atoms with Gasteiger partial charge in [0.2, 0.25) is 5.43 Å². The number of halogens is 2. The van der Waals surface area contributed by atoms with Crippen LogP contribution in [0.3, 0.4) is 0 Å². The van der Waals surface area contributed by atoms with Gasteiger partial charge in [0.1, 0.15) is 17.0 Å². The van der Waals surface area contributed by atoms with E-state index in [2.05, 4.69) is 5.32 Å². The molecule has 1 saturated carbocycles. The number of aromatic carboxylic acids is 1. The quantitative estimate of drug-likeness (QED) is 0.765. The molecule has 0 bridgehead atoms. The number of pyridine rings is 1. The molecule has 30 heavy (non-hydrogen) atoms. The lowest BCUT2D eigenvalue weighted by atomic mass is 9.94. The third kappa shape index (κ3) is 3.22. The zero-order valence-corrected chi connectivity index (χ0v) is 17.5. The molecule has 2 aliphatic heterocycles. The third-order valence-electron chi connectivity index (χ3n) is 6.50. The number of methoxy groups -OCH3 is 1. The van der Waals surface area contributed by atoms with Gasteiger partial charge in [0.15, 0.2) is 5.82 Å². The smallest absolute Gasteiger partial charge is 0.341 e. The molecule has 2 atom stereocenters. The Kier molecular flexibility index (Phi) is 5.40. The van der Waals surface area contributed by atoms with Gasteiger partial charge in [-0.05, 0) is 44.2 Å². The average Bonchev–Trinajstić information content (AvgIpc) is 3.46. The molecule has 1 aromatic carbocycles. The molecule has 2 saturated heterocycles. The Labute approximate surface area is 179 Å². The predicted octanol–water partition coefficient (Wildman–Crippen LogP) is 2.79. The summed E-state index contributed by atoms with van der Waals surface area (Å²) in [6, 6.07) is 1.86. The molecule has 2 N–H and O–H groups in total. The Morgan fingerprint density at radius 3 is 2.70 bits per heavy atom. The van der Waals surface area contributed by atoms with E-state index in [1.54, 1.807) is 4.57 Å². The van der Waals surface area contributed by atoms with Crippen molar-refractivity contribution >= 4 is 35.0 Å². The normalized spacial score (nSPS) is 23.2. The van der Waals surface area contributed by atoms with Gasteiger partial charge >= 0.3 is 5.97 Å². The van der Waals surface area contributed by atoms with Crippen LogP contribution in [-0.4, -0.2) is 48.4 Å². The fraction of sp³-hybridized carbons (Fsp3) is 0.524. The van der Waals surface area contributed by atoms with E-state index in [0.717, 1.165) is 38.8 Å². The lowest BCUT2D eigenvalue weighted by Gasteiger charge is -2.24. The molecule has 1 aliphatic carbocycles. The van der Waals surface area contributed by atoms with Crippen molar-refractivity contribution in [1.29, 1.82) is 0 Å². The van der Waals surface area contributed by atoms with E-state index in [9.17, 15) is 14.7 Å². The first kappa shape index (κ1) is 20.9. The second-order valence-electron chi connectivity index (χ2n) is 8.32. The van der Waals surface area contributed by atoms with Crippen LogP contribution in [0.25, 0.3) is 10.9 Å². The molecule has 5 rings (SSSR count). The summed E-state index contributed by atoms with van der Waals surface area (Å²) >= 11 is 0. The molecule has 0 amide bonds. The highest BCUT2D eigenvalue weighted by Crippen LogP contribution is 2.43. The van der Waals surface area contributed by atoms with Crippen molar-refractivity contribution < 1.29 is 19.0 Å². The molecular formula is C21H25ClFN3O4. The fourth-order valence-electron chi connectivity index (χ4n) is 4.91. The van der Waals surface area contributed by atoms with Crippen LogP contribution < -0.4 is 20.4 Å². The first-order valence-corrected chi connectivity index (χ1v) is 10.2. The summed E-state index contributed by atoms with van der Waals surface area (Å²) in [5.74, 6) is -1.07. The van der Waals surface area contributed by atoms with E-state index >= 15 is 4.39 Å². The van der Waals surface area contributed by atoms with Crippen LogP contribution in [0.4, 0.5) is 10.1 Å². The second kappa shape index (κ2) is 7.74. The monoisotopic (exact) mass is 437 g/mol. The number of carboxylic acids is 1. The van der Waals surface area contributed by atoms with Gasteiger partial charge in [0, 0.05) is 31.4 Å². The summed E-state index contributed by atoms with van der Waals surface area (Å²) in [5.41, 5.74) is -0.464. The summed E-state index contributed by atoms with van der Waals surface area (Å²) in [6.45, 7) is 2.40. The SMILES string of the molecule is COc1cc2c(=O)c(C(=O)O)cn(C3CC3)c2c(F)c1N1C[C@@H]2CCCN[C@@H]2C1.Cl. The maximum absolute atomic E-state index is 16.0. The van der Waals surface area contributed by atoms with Gasteiger partial charge < -0.3 is 24.6 Å². The first-order valence-electron chi connectivity index (χ1n) is 10.2. The maximum Gasteiger partial charge on any atom is 0.341 e. The summed E-state index contributed by atoms with van der Waals surface area (Å²) in [5, 5.41) is 13.0. The number of fused-ring (bicyclic) bond motifs is 2. The Balaban J connectivity index is 0.00000218. The van der Waals surface area contributed by atoms with Crippen LogP contribution in [0, 0.1) is 11.7 Å². The van der Waals surface area contributed by atoms with Gasteiger partial charge in [-0.15, -0.1) is 12.4 Å². The Hall–Kier alpha value is -2.32. The largest absolute Gasteiger partial charge is 0.494 e. The third-order valence-corrected chi connectivity index (χ3v) is 6.50. The minimum Gasteiger partial charge on any atom is -0.494 e. The van der Waals surface area contributed by atoms with E-state index in [4.69, 9.17) is 4.74 Å². The summed E-state index contributed by atoms with van der Waals surface area (Å²) in [7, 11) is 1.45. The number of hydrogen-bond acceptors (Lipinski definition) is 5. The van der Waals surface area contributed by atoms with Gasteiger partial charge in [-0.3, -0.25) is 4.79 Å². The number of piperidine rings is 1. The molecule has 3 heterocycles. The highest BCUT2D eigenvalue weighted by Gasteiger charge is 2.38. The van der Waals surface area contributed by atoms with E-state index in [0.29, 0.717) is 24.2 Å². The molecule has 0 spiro atoms. The van der Waals surface area contributed by atoms with E-state index < -0.39 is 17.2 Å². The molecule has 9 heteroatoms. The minimum atomic E-state index is -1.30. The van der Waals surface area contributed by atoms with Crippen LogP contribution in [0.1, 0.15) is 42.1 Å². The van der Waals surface area contributed by atoms with Gasteiger partial charge in [0.25, 0.3) is 0 Å². The fourth-order valence-corrected chi connectivity index (χ4v) is 4.91. The van der Waals surface area contributed by atoms with Crippen molar-refractivity contribution in [2.24, 2.45) is 5.92 Å². The number of hydrogen-bond donors (Lipinski definition) is 2. The second-order valence-corrected chi connectivity index (χ2v) is 8.32. The Morgan fingerprint density at radius 2 is 2.07 bits per heavy atom. The molecule has 0 unspecified atom stereocenters. The Morgan fingerprint density at radius 1 is 1.30 bits per heavy atom. The number of anilines is 1. The minimum absolute atomic E-state index is 0. The summed E-state index contributed by atoms with van der Waals surface area (Å²) in [6.07, 6.45) is 5.21. The molecule has 2 aromatic rings. The van der Waals surface area contributed by atoms with E-state index in [1.165, 1.54) is 19.4 Å². The highest BCUT2D eigenvalue weighted by atomic mass is 35.5. The summed E-state index contributed by atoms with van der Waals surface area (Å²) in [4.78, 5) is 26.4. The van der Waals surface area contributed by atoms with Crippen LogP contribution in [0.5, 0.6) is 5.75 Å². The number of carbonyl (C=O) groups is 1. The number of nitrogens with zero attached hydrogens (tertiary/aromatic N) is 2.